The van der Waals surface area contributed by atoms with Crippen molar-refractivity contribution >= 4 is 23.9 Å². The summed E-state index contributed by atoms with van der Waals surface area (Å²) in [4.78, 5) is 37.2. The first-order valence-electron chi connectivity index (χ1n) is 9.83. The van der Waals surface area contributed by atoms with Crippen molar-refractivity contribution in [2.24, 2.45) is 0 Å². The van der Waals surface area contributed by atoms with E-state index in [4.69, 9.17) is 4.74 Å². The number of nitrogens with one attached hydrogen (secondary N) is 2. The molecule has 0 unspecified atom stereocenters. The molecule has 0 fully saturated rings. The number of hydrogen-bond acceptors (Lipinski definition) is 4. The first-order valence-corrected chi connectivity index (χ1v) is 9.83. The summed E-state index contributed by atoms with van der Waals surface area (Å²) < 4.78 is 19.2. The molecular formula is C25H21FN2O4. The molecule has 6 nitrogen and oxygen atoms in total. The van der Waals surface area contributed by atoms with Crippen LogP contribution in [0.3, 0.4) is 0 Å². The Bertz CT molecular complexity index is 1120. The minimum atomic E-state index is -0.755. The van der Waals surface area contributed by atoms with Crippen LogP contribution >= 0.6 is 0 Å². The lowest BCUT2D eigenvalue weighted by atomic mass is 10.1. The van der Waals surface area contributed by atoms with E-state index < -0.39 is 30.1 Å². The lowest BCUT2D eigenvalue weighted by Crippen LogP contribution is -2.37. The Morgan fingerprint density at radius 3 is 2.16 bits per heavy atom. The number of benzene rings is 3. The van der Waals surface area contributed by atoms with Gasteiger partial charge in [-0.3, -0.25) is 14.4 Å². The topological polar surface area (TPSA) is 84.5 Å². The fourth-order valence-electron chi connectivity index (χ4n) is 2.73. The number of carbonyl (C=O) groups excluding carboxylic acids is 3. The van der Waals surface area contributed by atoms with Crippen LogP contribution < -0.4 is 10.6 Å². The lowest BCUT2D eigenvalue weighted by Gasteiger charge is -2.11. The highest BCUT2D eigenvalue weighted by molar-refractivity contribution is 6.05. The van der Waals surface area contributed by atoms with Crippen LogP contribution in [0.1, 0.15) is 21.5 Å². The van der Waals surface area contributed by atoms with Gasteiger partial charge in [-0.2, -0.15) is 0 Å². The SMILES string of the molecule is O=C(CNC(=O)/C(=C/c1ccccc1F)NC(=O)c1ccccc1)OCc1ccccc1. The quantitative estimate of drug-likeness (QED) is 0.422. The van der Waals surface area contributed by atoms with E-state index in [9.17, 15) is 18.8 Å². The molecule has 0 aliphatic carbocycles. The van der Waals surface area contributed by atoms with Crippen molar-refractivity contribution in [2.45, 2.75) is 6.61 Å². The third-order valence-corrected chi connectivity index (χ3v) is 4.37. The first-order chi connectivity index (χ1) is 15.5. The largest absolute Gasteiger partial charge is 0.460 e. The van der Waals surface area contributed by atoms with E-state index in [1.54, 1.807) is 48.5 Å². The van der Waals surface area contributed by atoms with Gasteiger partial charge in [0.05, 0.1) is 0 Å². The fraction of sp³-hybridized carbons (Fsp3) is 0.0800. The molecule has 3 rings (SSSR count). The van der Waals surface area contributed by atoms with E-state index in [1.165, 1.54) is 24.3 Å². The van der Waals surface area contributed by atoms with Gasteiger partial charge in [-0.1, -0.05) is 66.7 Å². The van der Waals surface area contributed by atoms with Gasteiger partial charge in [-0.15, -0.1) is 0 Å². The van der Waals surface area contributed by atoms with Crippen LogP contribution in [0.15, 0.2) is 90.6 Å². The van der Waals surface area contributed by atoms with E-state index >= 15 is 0 Å². The van der Waals surface area contributed by atoms with Gasteiger partial charge in [-0.25, -0.2) is 4.39 Å². The summed E-state index contributed by atoms with van der Waals surface area (Å²) >= 11 is 0. The third-order valence-electron chi connectivity index (χ3n) is 4.37. The second-order valence-corrected chi connectivity index (χ2v) is 6.73. The molecule has 0 aliphatic heterocycles. The number of esters is 1. The van der Waals surface area contributed by atoms with Gasteiger partial charge >= 0.3 is 5.97 Å². The summed E-state index contributed by atoms with van der Waals surface area (Å²) in [6, 6.07) is 23.2. The van der Waals surface area contributed by atoms with Crippen LogP contribution in [0.25, 0.3) is 6.08 Å². The molecule has 0 radical (unpaired) electrons. The highest BCUT2D eigenvalue weighted by Gasteiger charge is 2.16. The maximum Gasteiger partial charge on any atom is 0.325 e. The Morgan fingerprint density at radius 2 is 1.47 bits per heavy atom. The van der Waals surface area contributed by atoms with Gasteiger partial charge in [0.25, 0.3) is 11.8 Å². The van der Waals surface area contributed by atoms with Gasteiger partial charge in [-0.05, 0) is 29.8 Å². The van der Waals surface area contributed by atoms with Crippen molar-refractivity contribution in [1.29, 1.82) is 0 Å². The van der Waals surface area contributed by atoms with Crippen molar-refractivity contribution in [3.63, 3.8) is 0 Å². The molecule has 32 heavy (non-hydrogen) atoms. The van der Waals surface area contributed by atoms with Gasteiger partial charge in [0, 0.05) is 11.1 Å². The van der Waals surface area contributed by atoms with Crippen LogP contribution in [0, 0.1) is 5.82 Å². The van der Waals surface area contributed by atoms with Crippen molar-refractivity contribution in [3.8, 4) is 0 Å². The molecule has 3 aromatic rings. The number of ether oxygens (including phenoxy) is 1. The average Bonchev–Trinajstić information content (AvgIpc) is 2.83. The summed E-state index contributed by atoms with van der Waals surface area (Å²) in [6.45, 7) is -0.348. The molecule has 2 amide bonds. The summed E-state index contributed by atoms with van der Waals surface area (Å²) in [5.41, 5.74) is 1.03. The number of amides is 2. The Balaban J connectivity index is 1.68. The van der Waals surface area contributed by atoms with E-state index in [2.05, 4.69) is 10.6 Å². The Morgan fingerprint density at radius 1 is 0.844 bits per heavy atom. The molecule has 0 aliphatic rings. The van der Waals surface area contributed by atoms with Crippen molar-refractivity contribution in [3.05, 3.63) is 113 Å². The monoisotopic (exact) mass is 432 g/mol. The molecular weight excluding hydrogens is 411 g/mol. The number of rotatable bonds is 8. The molecule has 0 bridgehead atoms. The average molecular weight is 432 g/mol. The van der Waals surface area contributed by atoms with Gasteiger partial charge < -0.3 is 15.4 Å². The summed E-state index contributed by atoms with van der Waals surface area (Å²) in [5.74, 6) is -2.51. The highest BCUT2D eigenvalue weighted by Crippen LogP contribution is 2.11. The summed E-state index contributed by atoms with van der Waals surface area (Å²) in [6.07, 6.45) is 1.21. The van der Waals surface area contributed by atoms with Gasteiger partial charge in [0.15, 0.2) is 0 Å². The van der Waals surface area contributed by atoms with E-state index in [1.807, 2.05) is 18.2 Å². The zero-order chi connectivity index (χ0) is 22.8. The fourth-order valence-corrected chi connectivity index (χ4v) is 2.73. The van der Waals surface area contributed by atoms with Gasteiger partial charge in [0.2, 0.25) is 0 Å². The van der Waals surface area contributed by atoms with E-state index in [-0.39, 0.29) is 17.9 Å². The molecule has 2 N–H and O–H groups in total. The van der Waals surface area contributed by atoms with Crippen LogP contribution in [0.2, 0.25) is 0 Å². The molecule has 0 atom stereocenters. The Kier molecular flexibility index (Phi) is 7.86. The van der Waals surface area contributed by atoms with Crippen molar-refractivity contribution < 1.29 is 23.5 Å². The molecule has 0 aromatic heterocycles. The van der Waals surface area contributed by atoms with E-state index in [0.29, 0.717) is 5.56 Å². The third kappa shape index (κ3) is 6.63. The second-order valence-electron chi connectivity index (χ2n) is 6.73. The molecule has 7 heteroatoms. The number of hydrogen-bond donors (Lipinski definition) is 2. The zero-order valence-corrected chi connectivity index (χ0v) is 17.1. The summed E-state index contributed by atoms with van der Waals surface area (Å²) in [5, 5.41) is 4.88. The lowest BCUT2D eigenvalue weighted by molar-refractivity contribution is -0.144. The van der Waals surface area contributed by atoms with E-state index in [0.717, 1.165) is 5.56 Å². The summed E-state index contributed by atoms with van der Waals surface area (Å²) in [7, 11) is 0. The van der Waals surface area contributed by atoms with Crippen molar-refractivity contribution in [1.82, 2.24) is 10.6 Å². The van der Waals surface area contributed by atoms with Crippen LogP contribution in [-0.4, -0.2) is 24.3 Å². The molecule has 3 aromatic carbocycles. The molecule has 0 saturated heterocycles. The smallest absolute Gasteiger partial charge is 0.325 e. The molecule has 0 spiro atoms. The number of carbonyl (C=O) groups is 3. The minimum Gasteiger partial charge on any atom is -0.460 e. The molecule has 0 heterocycles. The van der Waals surface area contributed by atoms with Gasteiger partial charge in [0.1, 0.15) is 24.7 Å². The standard InChI is InChI=1S/C25H21FN2O4/c26-21-14-8-7-13-20(21)15-22(28-24(30)19-11-5-2-6-12-19)25(31)27-16-23(29)32-17-18-9-3-1-4-10-18/h1-15H,16-17H2,(H,27,31)(H,28,30)/b22-15-. The molecule has 162 valence electrons. The van der Waals surface area contributed by atoms with Crippen LogP contribution in [0.4, 0.5) is 4.39 Å². The predicted octanol–water partition coefficient (Wildman–Crippen LogP) is 3.46. The van der Waals surface area contributed by atoms with Crippen molar-refractivity contribution in [2.75, 3.05) is 6.54 Å². The molecule has 0 saturated carbocycles. The maximum atomic E-state index is 14.1. The number of halogens is 1. The zero-order valence-electron chi connectivity index (χ0n) is 17.1. The van der Waals surface area contributed by atoms with Crippen LogP contribution in [-0.2, 0) is 20.9 Å². The first kappa shape index (κ1) is 22.4. The predicted molar refractivity (Wildman–Crippen MR) is 118 cm³/mol. The normalized spacial score (nSPS) is 10.8. The maximum absolute atomic E-state index is 14.1. The second kappa shape index (κ2) is 11.2. The minimum absolute atomic E-state index is 0.0677. The van der Waals surface area contributed by atoms with Crippen LogP contribution in [0.5, 0.6) is 0 Å². The Hall–Kier alpha value is -4.26. The highest BCUT2D eigenvalue weighted by atomic mass is 19.1. The Labute approximate surface area is 184 Å².